The van der Waals surface area contributed by atoms with Gasteiger partial charge < -0.3 is 15.2 Å². The topological polar surface area (TPSA) is 61.0 Å². The molecule has 0 saturated carbocycles. The Morgan fingerprint density at radius 3 is 2.64 bits per heavy atom. The number of aromatic amines is 1. The highest BCUT2D eigenvalue weighted by Crippen LogP contribution is 2.28. The summed E-state index contributed by atoms with van der Waals surface area (Å²) in [6.07, 6.45) is 0.376. The van der Waals surface area contributed by atoms with Gasteiger partial charge in [0.05, 0.1) is 18.7 Å². The summed E-state index contributed by atoms with van der Waals surface area (Å²) >= 11 is 1.58. The van der Waals surface area contributed by atoms with Crippen LogP contribution < -0.4 is 10.2 Å². The van der Waals surface area contributed by atoms with E-state index in [-0.39, 0.29) is 5.91 Å². The molecule has 0 atom stereocenters. The van der Waals surface area contributed by atoms with E-state index in [0.717, 1.165) is 27.6 Å². The van der Waals surface area contributed by atoms with Gasteiger partial charge in [0.25, 0.3) is 0 Å². The van der Waals surface area contributed by atoms with Crippen LogP contribution >= 0.6 is 11.3 Å². The van der Waals surface area contributed by atoms with Crippen LogP contribution in [0.15, 0.2) is 17.5 Å². The summed E-state index contributed by atoms with van der Waals surface area (Å²) in [5.74, 6) is 0.0179. The van der Waals surface area contributed by atoms with E-state index in [2.05, 4.69) is 41.3 Å². The van der Waals surface area contributed by atoms with Crippen LogP contribution in [0.5, 0.6) is 0 Å². The molecule has 2 aromatic heterocycles. The number of carbonyl (C=O) groups is 1. The van der Waals surface area contributed by atoms with Gasteiger partial charge in [0.15, 0.2) is 5.13 Å². The summed E-state index contributed by atoms with van der Waals surface area (Å²) < 4.78 is 0. The Bertz CT molecular complexity index is 923. The smallest absolute Gasteiger partial charge is 0.224 e. The maximum Gasteiger partial charge on any atom is 0.224 e. The third-order valence-electron chi connectivity index (χ3n) is 4.42. The number of rotatable bonds is 5. The van der Waals surface area contributed by atoms with E-state index in [1.165, 1.54) is 16.5 Å². The van der Waals surface area contributed by atoms with Crippen molar-refractivity contribution in [1.82, 2.24) is 15.3 Å². The zero-order valence-corrected chi connectivity index (χ0v) is 16.2. The number of aromatic nitrogens is 2. The molecule has 5 nitrogen and oxygen atoms in total. The predicted octanol–water partition coefficient (Wildman–Crippen LogP) is 3.47. The molecular formula is C19H24N4OS. The maximum absolute atomic E-state index is 12.5. The first-order chi connectivity index (χ1) is 11.9. The lowest BCUT2D eigenvalue weighted by atomic mass is 10.0. The van der Waals surface area contributed by atoms with E-state index in [9.17, 15) is 4.79 Å². The molecule has 25 heavy (non-hydrogen) atoms. The maximum atomic E-state index is 12.5. The van der Waals surface area contributed by atoms with Crippen molar-refractivity contribution in [1.29, 1.82) is 0 Å². The van der Waals surface area contributed by atoms with Gasteiger partial charge in [-0.2, -0.15) is 0 Å². The number of nitrogens with one attached hydrogen (secondary N) is 2. The molecule has 2 N–H and O–H groups in total. The summed E-state index contributed by atoms with van der Waals surface area (Å²) in [6, 6.07) is 4.23. The van der Waals surface area contributed by atoms with E-state index < -0.39 is 0 Å². The van der Waals surface area contributed by atoms with Crippen molar-refractivity contribution in [2.24, 2.45) is 0 Å². The van der Waals surface area contributed by atoms with Gasteiger partial charge in [0.2, 0.25) is 5.91 Å². The van der Waals surface area contributed by atoms with Gasteiger partial charge in [0, 0.05) is 36.1 Å². The summed E-state index contributed by atoms with van der Waals surface area (Å²) in [7, 11) is 3.93. The number of aryl methyl sites for hydroxylation is 3. The normalized spacial score (nSPS) is 11.1. The number of nitrogens with zero attached hydrogens (tertiary/aromatic N) is 2. The number of carbonyl (C=O) groups excluding carboxylic acids is 1. The summed E-state index contributed by atoms with van der Waals surface area (Å²) in [4.78, 5) is 22.4. The summed E-state index contributed by atoms with van der Waals surface area (Å²) in [6.45, 7) is 6.68. The zero-order chi connectivity index (χ0) is 18.1. The van der Waals surface area contributed by atoms with Crippen molar-refractivity contribution in [2.45, 2.75) is 33.7 Å². The lowest BCUT2D eigenvalue weighted by Crippen LogP contribution is -2.25. The SMILES string of the molecule is Cc1[nH]c2c(C)ccc(C)c2c1CC(=O)NCc1csc(N(C)C)n1. The van der Waals surface area contributed by atoms with Crippen molar-refractivity contribution >= 4 is 33.3 Å². The Labute approximate surface area is 152 Å². The van der Waals surface area contributed by atoms with Gasteiger partial charge in [-0.05, 0) is 37.5 Å². The molecule has 0 aliphatic heterocycles. The highest BCUT2D eigenvalue weighted by Gasteiger charge is 2.15. The lowest BCUT2D eigenvalue weighted by molar-refractivity contribution is -0.120. The number of fused-ring (bicyclic) bond motifs is 1. The Morgan fingerprint density at radius 1 is 1.24 bits per heavy atom. The van der Waals surface area contributed by atoms with Crippen molar-refractivity contribution in [3.63, 3.8) is 0 Å². The lowest BCUT2D eigenvalue weighted by Gasteiger charge is -2.07. The van der Waals surface area contributed by atoms with E-state index in [0.29, 0.717) is 13.0 Å². The van der Waals surface area contributed by atoms with Gasteiger partial charge in [-0.15, -0.1) is 11.3 Å². The van der Waals surface area contributed by atoms with Crippen molar-refractivity contribution in [2.75, 3.05) is 19.0 Å². The third-order valence-corrected chi connectivity index (χ3v) is 5.47. The summed E-state index contributed by atoms with van der Waals surface area (Å²) in [5, 5.41) is 7.10. The Kier molecular flexibility index (Phi) is 4.81. The highest BCUT2D eigenvalue weighted by atomic mass is 32.1. The van der Waals surface area contributed by atoms with Gasteiger partial charge in [-0.1, -0.05) is 12.1 Å². The minimum Gasteiger partial charge on any atom is -0.358 e. The van der Waals surface area contributed by atoms with Crippen LogP contribution in [0.2, 0.25) is 0 Å². The molecule has 1 aromatic carbocycles. The van der Waals surface area contributed by atoms with Crippen LogP contribution in [-0.4, -0.2) is 30.0 Å². The number of hydrogen-bond acceptors (Lipinski definition) is 4. The molecule has 0 bridgehead atoms. The largest absolute Gasteiger partial charge is 0.358 e. The number of benzene rings is 1. The number of amides is 1. The van der Waals surface area contributed by atoms with Crippen molar-refractivity contribution in [3.8, 4) is 0 Å². The second kappa shape index (κ2) is 6.88. The van der Waals surface area contributed by atoms with Crippen LogP contribution in [0.4, 0.5) is 5.13 Å². The van der Waals surface area contributed by atoms with E-state index in [4.69, 9.17) is 0 Å². The fourth-order valence-corrected chi connectivity index (χ4v) is 3.79. The van der Waals surface area contributed by atoms with Crippen molar-refractivity contribution < 1.29 is 4.79 Å². The van der Waals surface area contributed by atoms with Gasteiger partial charge in [0.1, 0.15) is 0 Å². The van der Waals surface area contributed by atoms with Gasteiger partial charge >= 0.3 is 0 Å². The van der Waals surface area contributed by atoms with E-state index in [1.807, 2.05) is 31.3 Å². The molecule has 2 heterocycles. The van der Waals surface area contributed by atoms with Crippen LogP contribution in [0, 0.1) is 20.8 Å². The fraction of sp³-hybridized carbons (Fsp3) is 0.368. The predicted molar refractivity (Wildman–Crippen MR) is 105 cm³/mol. The van der Waals surface area contributed by atoms with Crippen LogP contribution in [0.1, 0.15) is 28.1 Å². The van der Waals surface area contributed by atoms with Gasteiger partial charge in [-0.25, -0.2) is 4.98 Å². The molecule has 0 saturated heterocycles. The average Bonchev–Trinajstić information content (AvgIpc) is 3.15. The number of hydrogen-bond donors (Lipinski definition) is 2. The molecule has 0 aliphatic carbocycles. The quantitative estimate of drug-likeness (QED) is 0.736. The fourth-order valence-electron chi connectivity index (χ4n) is 3.03. The molecule has 132 valence electrons. The minimum absolute atomic E-state index is 0.0179. The molecule has 6 heteroatoms. The minimum atomic E-state index is 0.0179. The monoisotopic (exact) mass is 356 g/mol. The van der Waals surface area contributed by atoms with Crippen LogP contribution in [-0.2, 0) is 17.8 Å². The molecule has 0 fully saturated rings. The van der Waals surface area contributed by atoms with E-state index in [1.54, 1.807) is 11.3 Å². The van der Waals surface area contributed by atoms with Gasteiger partial charge in [-0.3, -0.25) is 4.79 Å². The number of thiazole rings is 1. The summed E-state index contributed by atoms with van der Waals surface area (Å²) in [5.41, 5.74) is 6.57. The third kappa shape index (κ3) is 3.54. The Balaban J connectivity index is 1.74. The number of H-pyrrole nitrogens is 1. The standard InChI is InChI=1S/C19H24N4OS/c1-11-6-7-12(2)18-17(11)15(13(3)21-18)8-16(24)20-9-14-10-25-19(22-14)23(4)5/h6-7,10,21H,8-9H2,1-5H3,(H,20,24). The zero-order valence-electron chi connectivity index (χ0n) is 15.4. The molecule has 0 aliphatic rings. The first kappa shape index (κ1) is 17.5. The highest BCUT2D eigenvalue weighted by molar-refractivity contribution is 7.13. The second-order valence-electron chi connectivity index (χ2n) is 6.65. The van der Waals surface area contributed by atoms with Crippen LogP contribution in [0.25, 0.3) is 10.9 Å². The second-order valence-corrected chi connectivity index (χ2v) is 7.48. The average molecular weight is 356 g/mol. The Hall–Kier alpha value is -2.34. The molecule has 3 aromatic rings. The molecule has 1 amide bonds. The number of anilines is 1. The van der Waals surface area contributed by atoms with E-state index >= 15 is 0 Å². The van der Waals surface area contributed by atoms with Crippen LogP contribution in [0.3, 0.4) is 0 Å². The molecule has 0 unspecified atom stereocenters. The molecule has 0 spiro atoms. The Morgan fingerprint density at radius 2 is 1.96 bits per heavy atom. The van der Waals surface area contributed by atoms with Crippen molar-refractivity contribution in [3.05, 3.63) is 45.6 Å². The molecule has 3 rings (SSSR count). The molecule has 0 radical (unpaired) electrons. The first-order valence-corrected chi connectivity index (χ1v) is 9.20. The first-order valence-electron chi connectivity index (χ1n) is 8.32. The molecular weight excluding hydrogens is 332 g/mol.